The van der Waals surface area contributed by atoms with Gasteiger partial charge in [0.15, 0.2) is 0 Å². The van der Waals surface area contributed by atoms with Crippen LogP contribution in [0.1, 0.15) is 26.5 Å². The molecule has 0 saturated heterocycles. The van der Waals surface area contributed by atoms with E-state index in [1.54, 1.807) is 25.5 Å². The summed E-state index contributed by atoms with van der Waals surface area (Å²) in [6.07, 6.45) is 11.6. The molecule has 1 unspecified atom stereocenters. The molecular formula is C20H28N8. The zero-order chi connectivity index (χ0) is 20.9. The molecule has 8 nitrogen and oxygen atoms in total. The molecule has 1 atom stereocenters. The molecule has 1 rings (SSSR count). The zero-order valence-electron chi connectivity index (χ0n) is 16.7. The van der Waals surface area contributed by atoms with E-state index in [2.05, 4.69) is 31.9 Å². The maximum atomic E-state index is 7.92. The van der Waals surface area contributed by atoms with Crippen LogP contribution in [0.15, 0.2) is 63.9 Å². The van der Waals surface area contributed by atoms with Gasteiger partial charge in [0.25, 0.3) is 0 Å². The van der Waals surface area contributed by atoms with Crippen molar-refractivity contribution in [2.75, 3.05) is 12.4 Å². The highest BCUT2D eigenvalue weighted by molar-refractivity contribution is 6.07. The number of hydrogen-bond donors (Lipinski definition) is 5. The summed E-state index contributed by atoms with van der Waals surface area (Å²) in [5, 5.41) is 22.2. The number of anilines is 1. The third-order valence-corrected chi connectivity index (χ3v) is 3.54. The van der Waals surface area contributed by atoms with Crippen molar-refractivity contribution in [1.29, 1.82) is 10.8 Å². The Morgan fingerprint density at radius 2 is 2.07 bits per heavy atom. The van der Waals surface area contributed by atoms with Gasteiger partial charge in [-0.3, -0.25) is 9.98 Å². The Labute approximate surface area is 166 Å². The molecule has 8 heteroatoms. The van der Waals surface area contributed by atoms with Gasteiger partial charge in [0, 0.05) is 19.3 Å². The molecule has 6 N–H and O–H groups in total. The predicted octanol–water partition coefficient (Wildman–Crippen LogP) is 2.87. The van der Waals surface area contributed by atoms with Crippen molar-refractivity contribution >= 4 is 29.8 Å². The molecule has 0 aliphatic rings. The molecule has 0 bridgehead atoms. The number of aromatic nitrogens is 1. The van der Waals surface area contributed by atoms with Gasteiger partial charge in [-0.1, -0.05) is 17.7 Å². The predicted molar refractivity (Wildman–Crippen MR) is 119 cm³/mol. The molecule has 1 heterocycles. The summed E-state index contributed by atoms with van der Waals surface area (Å²) in [4.78, 5) is 8.05. The van der Waals surface area contributed by atoms with E-state index < -0.39 is 0 Å². The fraction of sp³-hybridized carbons (Fsp3) is 0.250. The lowest BCUT2D eigenvalue weighted by Crippen LogP contribution is -2.26. The molecule has 0 aliphatic carbocycles. The van der Waals surface area contributed by atoms with Gasteiger partial charge >= 0.3 is 0 Å². The molecule has 0 fully saturated rings. The highest BCUT2D eigenvalue weighted by Gasteiger charge is 2.01. The largest absolute Gasteiger partial charge is 0.378 e. The average Bonchev–Trinajstić information content (AvgIpc) is 2.66. The number of allylic oxidation sites excluding steroid dienone is 5. The van der Waals surface area contributed by atoms with Crippen LogP contribution in [0.5, 0.6) is 0 Å². The van der Waals surface area contributed by atoms with Crippen LogP contribution in [-0.2, 0) is 0 Å². The molecule has 148 valence electrons. The van der Waals surface area contributed by atoms with Gasteiger partial charge in [-0.2, -0.15) is 5.10 Å². The lowest BCUT2D eigenvalue weighted by Gasteiger charge is -2.12. The standard InChI is InChI=1S/C20H28N8/c1-14(10-15(2)19(22)6-5-9-21)11-16(3)27-18-8-7-17(25-12-18)13-26-28-20(23)24-4/h5-13,16,21-22,27H,1-4H3,(H3,23,24,28)/b6-5-,14-11-,15-10+,21-9?,22-19?,26-13+. The fourth-order valence-corrected chi connectivity index (χ4v) is 2.22. The maximum absolute atomic E-state index is 7.92. The first kappa shape index (κ1) is 22.5. The highest BCUT2D eigenvalue weighted by atomic mass is 15.3. The number of hydrazone groups is 1. The first-order valence-corrected chi connectivity index (χ1v) is 8.72. The summed E-state index contributed by atoms with van der Waals surface area (Å²) >= 11 is 0. The molecule has 1 aromatic heterocycles. The number of pyridine rings is 1. The van der Waals surface area contributed by atoms with Crippen molar-refractivity contribution in [3.05, 3.63) is 59.5 Å². The first-order chi connectivity index (χ1) is 13.3. The fourth-order valence-electron chi connectivity index (χ4n) is 2.22. The second-order valence-electron chi connectivity index (χ2n) is 6.06. The monoisotopic (exact) mass is 380 g/mol. The molecule has 0 saturated carbocycles. The van der Waals surface area contributed by atoms with Gasteiger partial charge in [0.1, 0.15) is 0 Å². The number of rotatable bonds is 9. The molecule has 0 radical (unpaired) electrons. The maximum Gasteiger partial charge on any atom is 0.209 e. The minimum absolute atomic E-state index is 0.0823. The van der Waals surface area contributed by atoms with E-state index in [1.165, 1.54) is 6.08 Å². The lowest BCUT2D eigenvalue weighted by molar-refractivity contribution is 0.982. The summed E-state index contributed by atoms with van der Waals surface area (Å²) in [5.74, 6) is 0.232. The van der Waals surface area contributed by atoms with Gasteiger partial charge in [-0.05, 0) is 50.6 Å². The van der Waals surface area contributed by atoms with Crippen LogP contribution in [0, 0.1) is 10.8 Å². The van der Waals surface area contributed by atoms with E-state index >= 15 is 0 Å². The number of guanidine groups is 1. The molecular weight excluding hydrogens is 352 g/mol. The third-order valence-electron chi connectivity index (χ3n) is 3.54. The highest BCUT2D eigenvalue weighted by Crippen LogP contribution is 2.10. The number of aliphatic imine (C=N–C) groups is 1. The Bertz CT molecular complexity index is 813. The van der Waals surface area contributed by atoms with Gasteiger partial charge in [0.2, 0.25) is 5.96 Å². The Morgan fingerprint density at radius 1 is 1.32 bits per heavy atom. The number of nitrogens with two attached hydrogens (primary N) is 1. The topological polar surface area (TPSA) is 135 Å². The molecule has 0 aromatic carbocycles. The smallest absolute Gasteiger partial charge is 0.209 e. The third kappa shape index (κ3) is 8.70. The second kappa shape index (κ2) is 11.9. The van der Waals surface area contributed by atoms with E-state index in [1.807, 2.05) is 39.0 Å². The second-order valence-corrected chi connectivity index (χ2v) is 6.06. The van der Waals surface area contributed by atoms with Gasteiger partial charge in [0.05, 0.1) is 29.5 Å². The van der Waals surface area contributed by atoms with E-state index in [4.69, 9.17) is 16.6 Å². The zero-order valence-corrected chi connectivity index (χ0v) is 16.7. The van der Waals surface area contributed by atoms with Crippen LogP contribution in [0.3, 0.4) is 0 Å². The van der Waals surface area contributed by atoms with Crippen LogP contribution in [-0.4, -0.2) is 42.2 Å². The molecule has 1 aromatic rings. The molecule has 28 heavy (non-hydrogen) atoms. The Morgan fingerprint density at radius 3 is 2.68 bits per heavy atom. The summed E-state index contributed by atoms with van der Waals surface area (Å²) < 4.78 is 0. The summed E-state index contributed by atoms with van der Waals surface area (Å²) in [5.41, 5.74) is 11.9. The summed E-state index contributed by atoms with van der Waals surface area (Å²) in [7, 11) is 1.57. The van der Waals surface area contributed by atoms with Crippen molar-refractivity contribution in [1.82, 2.24) is 10.4 Å². The van der Waals surface area contributed by atoms with Gasteiger partial charge < -0.3 is 21.9 Å². The van der Waals surface area contributed by atoms with Crippen LogP contribution in [0.4, 0.5) is 5.69 Å². The normalized spacial score (nSPS) is 14.4. The minimum atomic E-state index is 0.0823. The van der Waals surface area contributed by atoms with Gasteiger partial charge in [-0.15, -0.1) is 0 Å². The van der Waals surface area contributed by atoms with E-state index in [0.717, 1.165) is 23.0 Å². The van der Waals surface area contributed by atoms with Gasteiger partial charge in [-0.25, -0.2) is 5.43 Å². The van der Waals surface area contributed by atoms with Crippen molar-refractivity contribution < 1.29 is 0 Å². The Kier molecular flexibility index (Phi) is 9.60. The minimum Gasteiger partial charge on any atom is -0.378 e. The van der Waals surface area contributed by atoms with Crippen LogP contribution in [0.25, 0.3) is 0 Å². The molecule has 0 aliphatic heterocycles. The Hall–Kier alpha value is -3.55. The van der Waals surface area contributed by atoms with Crippen LogP contribution in [0.2, 0.25) is 0 Å². The quantitative estimate of drug-likeness (QED) is 0.195. The molecule has 0 amide bonds. The summed E-state index contributed by atoms with van der Waals surface area (Å²) in [6.45, 7) is 5.91. The van der Waals surface area contributed by atoms with E-state index in [0.29, 0.717) is 11.4 Å². The molecule has 0 spiro atoms. The first-order valence-electron chi connectivity index (χ1n) is 8.72. The van der Waals surface area contributed by atoms with Crippen molar-refractivity contribution in [2.24, 2.45) is 15.8 Å². The average molecular weight is 381 g/mol. The summed E-state index contributed by atoms with van der Waals surface area (Å²) in [6, 6.07) is 3.85. The van der Waals surface area contributed by atoms with Crippen molar-refractivity contribution in [3.8, 4) is 0 Å². The van der Waals surface area contributed by atoms with Crippen molar-refractivity contribution in [2.45, 2.75) is 26.8 Å². The number of nitrogens with zero attached hydrogens (tertiary/aromatic N) is 3. The number of nitrogens with one attached hydrogen (secondary N) is 4. The van der Waals surface area contributed by atoms with E-state index in [9.17, 15) is 0 Å². The van der Waals surface area contributed by atoms with Crippen LogP contribution >= 0.6 is 0 Å². The lowest BCUT2D eigenvalue weighted by atomic mass is 10.1. The number of hydrogen-bond acceptors (Lipinski definition) is 6. The Balaban J connectivity index is 2.68. The van der Waals surface area contributed by atoms with E-state index in [-0.39, 0.29) is 12.0 Å². The van der Waals surface area contributed by atoms with Crippen molar-refractivity contribution in [3.63, 3.8) is 0 Å². The SMILES string of the molecule is CN=C(N)N/N=C/c1ccc(NC(C)/C=C(C)\C=C(/C)C(=N)/C=C\C=N)cn1. The van der Waals surface area contributed by atoms with Crippen LogP contribution < -0.4 is 16.5 Å².